The molecule has 0 bridgehead atoms. The molecule has 0 unspecified atom stereocenters. The lowest BCUT2D eigenvalue weighted by molar-refractivity contribution is 0.0887. The molecule has 2 N–H and O–H groups in total. The van der Waals surface area contributed by atoms with Crippen molar-refractivity contribution in [3.8, 4) is 0 Å². The molecule has 2 heterocycles. The Labute approximate surface area is 130 Å². The molecule has 1 aliphatic carbocycles. The number of aryl methyl sites for hydroxylation is 1. The van der Waals surface area contributed by atoms with E-state index in [1.807, 2.05) is 0 Å². The number of piperidine rings is 1. The zero-order valence-electron chi connectivity index (χ0n) is 13.1. The van der Waals surface area contributed by atoms with E-state index in [0.29, 0.717) is 5.82 Å². The predicted octanol–water partition coefficient (Wildman–Crippen LogP) is 1.22. The number of hydrogen-bond acceptors (Lipinski definition) is 4. The molecule has 6 heteroatoms. The van der Waals surface area contributed by atoms with Gasteiger partial charge in [-0.15, -0.1) is 0 Å². The van der Waals surface area contributed by atoms with Gasteiger partial charge < -0.3 is 15.2 Å². The summed E-state index contributed by atoms with van der Waals surface area (Å²) in [6.45, 7) is 3.78. The molecular weight excluding hydrogens is 280 g/mol. The fourth-order valence-electron chi connectivity index (χ4n) is 3.63. The topological polar surface area (TPSA) is 78.1 Å². The molecule has 6 nitrogen and oxygen atoms in total. The number of amides is 1. The second-order valence-electron chi connectivity index (χ2n) is 6.44. The van der Waals surface area contributed by atoms with Crippen molar-refractivity contribution in [1.82, 2.24) is 20.2 Å². The van der Waals surface area contributed by atoms with Crippen LogP contribution in [0.15, 0.2) is 10.9 Å². The number of aromatic nitrogens is 2. The highest BCUT2D eigenvalue weighted by Crippen LogP contribution is 2.26. The summed E-state index contributed by atoms with van der Waals surface area (Å²) in [6, 6.07) is 2.20. The summed E-state index contributed by atoms with van der Waals surface area (Å²) in [5, 5.41) is 3.02. The van der Waals surface area contributed by atoms with Gasteiger partial charge >= 0.3 is 0 Å². The Balaban J connectivity index is 1.53. The third kappa shape index (κ3) is 3.55. The summed E-state index contributed by atoms with van der Waals surface area (Å²) in [6.07, 6.45) is 7.32. The highest BCUT2D eigenvalue weighted by Gasteiger charge is 2.27. The number of carbonyl (C=O) groups excluding carboxylic acids is 1. The van der Waals surface area contributed by atoms with Crippen molar-refractivity contribution in [1.29, 1.82) is 0 Å². The zero-order valence-corrected chi connectivity index (χ0v) is 13.1. The Bertz CT molecular complexity index is 584. The molecule has 1 aromatic heterocycles. The molecule has 120 valence electrons. The monoisotopic (exact) mass is 304 g/mol. The van der Waals surface area contributed by atoms with E-state index in [9.17, 15) is 9.59 Å². The van der Waals surface area contributed by atoms with Crippen LogP contribution in [0.2, 0.25) is 0 Å². The van der Waals surface area contributed by atoms with Gasteiger partial charge in [-0.25, -0.2) is 4.98 Å². The van der Waals surface area contributed by atoms with Gasteiger partial charge in [0.1, 0.15) is 11.5 Å². The van der Waals surface area contributed by atoms with Crippen molar-refractivity contribution in [2.24, 2.45) is 0 Å². The van der Waals surface area contributed by atoms with Crippen LogP contribution in [-0.2, 0) is 0 Å². The minimum Gasteiger partial charge on any atom is -0.348 e. The number of aromatic amines is 1. The number of likely N-dealkylation sites (tertiary alicyclic amines) is 1. The van der Waals surface area contributed by atoms with Crippen molar-refractivity contribution in [2.45, 2.75) is 57.5 Å². The maximum atomic E-state index is 12.2. The molecule has 0 aromatic carbocycles. The lowest BCUT2D eigenvalue weighted by atomic mass is 10.0. The van der Waals surface area contributed by atoms with Crippen LogP contribution in [0.1, 0.15) is 54.8 Å². The Morgan fingerprint density at radius 1 is 1.27 bits per heavy atom. The van der Waals surface area contributed by atoms with Gasteiger partial charge in [-0.3, -0.25) is 9.59 Å². The van der Waals surface area contributed by atoms with E-state index in [1.165, 1.54) is 31.7 Å². The van der Waals surface area contributed by atoms with Crippen LogP contribution in [0.25, 0.3) is 0 Å². The number of nitrogens with one attached hydrogen (secondary N) is 2. The van der Waals surface area contributed by atoms with Crippen LogP contribution < -0.4 is 10.9 Å². The number of hydrogen-bond donors (Lipinski definition) is 2. The third-order valence-corrected chi connectivity index (χ3v) is 4.80. The standard InChI is InChI=1S/C16H24N4O2/c1-11-17-14(10-15(21)18-11)16(22)19-12-6-8-20(9-7-12)13-4-2-3-5-13/h10,12-13H,2-9H2,1H3,(H,19,22)(H,17,18,21). The smallest absolute Gasteiger partial charge is 0.270 e. The maximum absolute atomic E-state index is 12.2. The summed E-state index contributed by atoms with van der Waals surface area (Å²) < 4.78 is 0. The molecule has 2 fully saturated rings. The molecule has 2 aliphatic rings. The zero-order chi connectivity index (χ0) is 15.5. The highest BCUT2D eigenvalue weighted by atomic mass is 16.2. The predicted molar refractivity (Wildman–Crippen MR) is 83.9 cm³/mol. The molecule has 1 saturated heterocycles. The Kier molecular flexibility index (Phi) is 4.57. The van der Waals surface area contributed by atoms with Gasteiger partial charge in [0.05, 0.1) is 0 Å². The van der Waals surface area contributed by atoms with Crippen molar-refractivity contribution in [3.63, 3.8) is 0 Å². The van der Waals surface area contributed by atoms with Crippen LogP contribution in [0, 0.1) is 6.92 Å². The van der Waals surface area contributed by atoms with Crippen molar-refractivity contribution in [3.05, 3.63) is 27.9 Å². The minimum atomic E-state index is -0.284. The van der Waals surface area contributed by atoms with E-state index in [-0.39, 0.29) is 23.2 Å². The van der Waals surface area contributed by atoms with E-state index in [2.05, 4.69) is 20.2 Å². The van der Waals surface area contributed by atoms with Gasteiger partial charge in [-0.05, 0) is 32.6 Å². The fourth-order valence-corrected chi connectivity index (χ4v) is 3.63. The summed E-state index contributed by atoms with van der Waals surface area (Å²) in [5.74, 6) is 0.224. The summed E-state index contributed by atoms with van der Waals surface area (Å²) in [5.41, 5.74) is -0.0758. The first kappa shape index (κ1) is 15.2. The van der Waals surface area contributed by atoms with Crippen molar-refractivity contribution >= 4 is 5.91 Å². The summed E-state index contributed by atoms with van der Waals surface area (Å²) in [7, 11) is 0. The highest BCUT2D eigenvalue weighted by molar-refractivity contribution is 5.92. The lowest BCUT2D eigenvalue weighted by Crippen LogP contribution is -2.47. The van der Waals surface area contributed by atoms with E-state index < -0.39 is 0 Å². The lowest BCUT2D eigenvalue weighted by Gasteiger charge is -2.36. The first-order valence-electron chi connectivity index (χ1n) is 8.25. The van der Waals surface area contributed by atoms with Crippen LogP contribution in [0.5, 0.6) is 0 Å². The van der Waals surface area contributed by atoms with E-state index >= 15 is 0 Å². The van der Waals surface area contributed by atoms with E-state index in [1.54, 1.807) is 6.92 Å². The minimum absolute atomic E-state index is 0.187. The quantitative estimate of drug-likeness (QED) is 0.880. The number of H-pyrrole nitrogens is 1. The largest absolute Gasteiger partial charge is 0.348 e. The van der Waals surface area contributed by atoms with Crippen molar-refractivity contribution in [2.75, 3.05) is 13.1 Å². The van der Waals surface area contributed by atoms with Crippen LogP contribution in [0.3, 0.4) is 0 Å². The maximum Gasteiger partial charge on any atom is 0.270 e. The van der Waals surface area contributed by atoms with Gasteiger partial charge in [-0.2, -0.15) is 0 Å². The van der Waals surface area contributed by atoms with Gasteiger partial charge in [0.15, 0.2) is 0 Å². The second kappa shape index (κ2) is 6.60. The Morgan fingerprint density at radius 3 is 2.59 bits per heavy atom. The van der Waals surface area contributed by atoms with Crippen LogP contribution in [0.4, 0.5) is 0 Å². The van der Waals surface area contributed by atoms with Gasteiger partial charge in [0.2, 0.25) is 0 Å². The number of carbonyl (C=O) groups is 1. The Morgan fingerprint density at radius 2 is 1.95 bits per heavy atom. The molecule has 1 saturated carbocycles. The number of nitrogens with zero attached hydrogens (tertiary/aromatic N) is 2. The molecule has 3 rings (SSSR count). The van der Waals surface area contributed by atoms with Gasteiger partial charge in [0.25, 0.3) is 11.5 Å². The van der Waals surface area contributed by atoms with Crippen molar-refractivity contribution < 1.29 is 4.79 Å². The fraction of sp³-hybridized carbons (Fsp3) is 0.688. The first-order valence-corrected chi connectivity index (χ1v) is 8.25. The average molecular weight is 304 g/mol. The molecule has 0 spiro atoms. The van der Waals surface area contributed by atoms with E-state index in [4.69, 9.17) is 0 Å². The molecule has 22 heavy (non-hydrogen) atoms. The Hall–Kier alpha value is -1.69. The molecule has 1 aliphatic heterocycles. The molecule has 0 radical (unpaired) electrons. The SMILES string of the molecule is Cc1nc(C(=O)NC2CCN(C3CCCC3)CC2)cc(=O)[nH]1. The summed E-state index contributed by atoms with van der Waals surface area (Å²) in [4.78, 5) is 32.9. The summed E-state index contributed by atoms with van der Waals surface area (Å²) >= 11 is 0. The van der Waals surface area contributed by atoms with Gasteiger partial charge in [0, 0.05) is 31.2 Å². The normalized spacial score (nSPS) is 21.1. The molecular formula is C16H24N4O2. The van der Waals surface area contributed by atoms with Crippen LogP contribution >= 0.6 is 0 Å². The molecule has 1 amide bonds. The molecule has 0 atom stereocenters. The van der Waals surface area contributed by atoms with Gasteiger partial charge in [-0.1, -0.05) is 12.8 Å². The first-order chi connectivity index (χ1) is 10.6. The van der Waals surface area contributed by atoms with E-state index in [0.717, 1.165) is 32.0 Å². The second-order valence-corrected chi connectivity index (χ2v) is 6.44. The third-order valence-electron chi connectivity index (χ3n) is 4.80. The average Bonchev–Trinajstić information content (AvgIpc) is 3.01. The molecule has 1 aromatic rings. The van der Waals surface area contributed by atoms with Crippen LogP contribution in [-0.4, -0.2) is 45.9 Å². The number of rotatable bonds is 3.